The predicted octanol–water partition coefficient (Wildman–Crippen LogP) is 6.49. The fourth-order valence-electron chi connectivity index (χ4n) is 4.10. The second-order valence-electron chi connectivity index (χ2n) is 8.09. The largest absolute Gasteiger partial charge is 0.467 e. The average Bonchev–Trinajstić information content (AvgIpc) is 3.60. The second kappa shape index (κ2) is 9.69. The quantitative estimate of drug-likeness (QED) is 0.194. The third kappa shape index (κ3) is 4.28. The number of ether oxygens (including phenoxy) is 1. The first kappa shape index (κ1) is 22.2. The third-order valence-corrected chi connectivity index (χ3v) is 6.87. The van der Waals surface area contributed by atoms with E-state index in [1.807, 2.05) is 36.4 Å². The molecule has 0 spiro atoms. The molecule has 174 valence electrons. The van der Waals surface area contributed by atoms with Gasteiger partial charge in [-0.15, -0.1) is 0 Å². The molecule has 1 N–H and O–H groups in total. The van der Waals surface area contributed by atoms with Gasteiger partial charge in [0.2, 0.25) is 0 Å². The van der Waals surface area contributed by atoms with Crippen molar-refractivity contribution in [3.8, 4) is 11.4 Å². The Bertz CT molecular complexity index is 1440. The van der Waals surface area contributed by atoms with E-state index >= 15 is 0 Å². The van der Waals surface area contributed by atoms with E-state index in [2.05, 4.69) is 22.9 Å². The number of carbonyl (C=O) groups excluding carboxylic acids is 1. The van der Waals surface area contributed by atoms with Crippen LogP contribution in [-0.4, -0.2) is 27.6 Å². The molecule has 0 amide bonds. The minimum Gasteiger partial charge on any atom is -0.467 e. The van der Waals surface area contributed by atoms with Crippen LogP contribution in [0.5, 0.6) is 0 Å². The molecule has 7 nitrogen and oxygen atoms in total. The summed E-state index contributed by atoms with van der Waals surface area (Å²) in [6.45, 7) is 3.63. The highest BCUT2D eigenvalue weighted by molar-refractivity contribution is 7.22. The van der Waals surface area contributed by atoms with E-state index in [0.29, 0.717) is 12.1 Å². The van der Waals surface area contributed by atoms with Gasteiger partial charge >= 0.3 is 5.97 Å². The van der Waals surface area contributed by atoms with Crippen molar-refractivity contribution < 1.29 is 13.9 Å². The number of hydrogen-bond acceptors (Lipinski definition) is 7. The number of carbonyl (C=O) groups is 1. The molecule has 0 aliphatic heterocycles. The van der Waals surface area contributed by atoms with E-state index in [4.69, 9.17) is 19.1 Å². The molecule has 0 aliphatic rings. The molecule has 0 bridgehead atoms. The highest BCUT2D eigenvalue weighted by atomic mass is 32.1. The van der Waals surface area contributed by atoms with Gasteiger partial charge in [0.1, 0.15) is 11.6 Å². The first-order valence-electron chi connectivity index (χ1n) is 11.4. The van der Waals surface area contributed by atoms with Crippen LogP contribution >= 0.6 is 11.3 Å². The molecule has 3 heterocycles. The van der Waals surface area contributed by atoms with Crippen LogP contribution in [0.3, 0.4) is 0 Å². The zero-order valence-electron chi connectivity index (χ0n) is 19.2. The Labute approximate surface area is 201 Å². The van der Waals surface area contributed by atoms with Crippen LogP contribution in [0.2, 0.25) is 0 Å². The standard InChI is InChI=1S/C26H26N4O3S/c1-3-4-5-13-30-22-12-11-17(25(31)32-2)15-21(22)28-24(30)19-9-6-10-20-23(19)34-26(29-20)27-16-18-8-7-14-33-18/h6-12,14-15H,3-5,13,16H2,1-2H3,(H,27,29). The van der Waals surface area contributed by atoms with E-state index in [1.54, 1.807) is 23.7 Å². The Balaban J connectivity index is 1.57. The lowest BCUT2D eigenvalue weighted by atomic mass is 10.2. The van der Waals surface area contributed by atoms with E-state index < -0.39 is 0 Å². The first-order valence-corrected chi connectivity index (χ1v) is 12.2. The van der Waals surface area contributed by atoms with Crippen molar-refractivity contribution in [3.05, 3.63) is 66.1 Å². The molecule has 2 aromatic carbocycles. The number of thiazole rings is 1. The van der Waals surface area contributed by atoms with Crippen molar-refractivity contribution in [3.63, 3.8) is 0 Å². The Kier molecular flexibility index (Phi) is 6.31. The van der Waals surface area contributed by atoms with Gasteiger partial charge in [-0.3, -0.25) is 0 Å². The van der Waals surface area contributed by atoms with Crippen LogP contribution in [0.4, 0.5) is 5.13 Å². The van der Waals surface area contributed by atoms with Gasteiger partial charge in [0.05, 0.1) is 46.7 Å². The predicted molar refractivity (Wildman–Crippen MR) is 135 cm³/mol. The number of fused-ring (bicyclic) bond motifs is 2. The summed E-state index contributed by atoms with van der Waals surface area (Å²) in [4.78, 5) is 21.8. The summed E-state index contributed by atoms with van der Waals surface area (Å²) >= 11 is 1.61. The SMILES string of the molecule is CCCCCn1c(-c2cccc3nc(NCc4ccco4)sc23)nc2cc(C(=O)OC)ccc21. The van der Waals surface area contributed by atoms with Crippen molar-refractivity contribution in [1.29, 1.82) is 0 Å². The molecule has 0 saturated carbocycles. The second-order valence-corrected chi connectivity index (χ2v) is 9.09. The molecule has 3 aromatic heterocycles. The normalized spacial score (nSPS) is 11.4. The maximum atomic E-state index is 12.1. The minimum atomic E-state index is -0.360. The number of imidazole rings is 1. The summed E-state index contributed by atoms with van der Waals surface area (Å²) in [7, 11) is 1.39. The van der Waals surface area contributed by atoms with E-state index in [1.165, 1.54) is 7.11 Å². The van der Waals surface area contributed by atoms with Crippen LogP contribution in [0.25, 0.3) is 32.6 Å². The number of aryl methyl sites for hydroxylation is 1. The van der Waals surface area contributed by atoms with Gasteiger partial charge in [0, 0.05) is 12.1 Å². The Morgan fingerprint density at radius 3 is 2.82 bits per heavy atom. The van der Waals surface area contributed by atoms with Crippen LogP contribution in [0.15, 0.2) is 59.2 Å². The Morgan fingerprint density at radius 2 is 2.03 bits per heavy atom. The monoisotopic (exact) mass is 474 g/mol. The number of furan rings is 1. The van der Waals surface area contributed by atoms with Gasteiger partial charge in [0.15, 0.2) is 5.13 Å². The third-order valence-electron chi connectivity index (χ3n) is 5.80. The highest BCUT2D eigenvalue weighted by Crippen LogP contribution is 2.36. The molecule has 5 rings (SSSR count). The summed E-state index contributed by atoms with van der Waals surface area (Å²) in [5, 5.41) is 4.19. The number of rotatable bonds is 9. The molecule has 0 saturated heterocycles. The van der Waals surface area contributed by atoms with Crippen LogP contribution in [-0.2, 0) is 17.8 Å². The molecule has 0 unspecified atom stereocenters. The molecule has 8 heteroatoms. The Hall–Kier alpha value is -3.65. The first-order chi connectivity index (χ1) is 16.7. The maximum absolute atomic E-state index is 12.1. The van der Waals surface area contributed by atoms with Crippen molar-refractivity contribution in [2.45, 2.75) is 39.3 Å². The summed E-state index contributed by atoms with van der Waals surface area (Å²) in [6, 6.07) is 15.5. The number of methoxy groups -OCH3 is 1. The molecular formula is C26H26N4O3S. The highest BCUT2D eigenvalue weighted by Gasteiger charge is 2.18. The molecule has 0 fully saturated rings. The lowest BCUT2D eigenvalue weighted by Crippen LogP contribution is -2.02. The van der Waals surface area contributed by atoms with Gasteiger partial charge < -0.3 is 19.0 Å². The van der Waals surface area contributed by atoms with Crippen molar-refractivity contribution in [2.24, 2.45) is 0 Å². The fourth-order valence-corrected chi connectivity index (χ4v) is 5.07. The molecule has 0 aliphatic carbocycles. The number of anilines is 1. The maximum Gasteiger partial charge on any atom is 0.337 e. The van der Waals surface area contributed by atoms with Gasteiger partial charge in [-0.25, -0.2) is 14.8 Å². The van der Waals surface area contributed by atoms with Crippen molar-refractivity contribution in [2.75, 3.05) is 12.4 Å². The van der Waals surface area contributed by atoms with Gasteiger partial charge in [-0.05, 0) is 48.9 Å². The van der Waals surface area contributed by atoms with Crippen molar-refractivity contribution in [1.82, 2.24) is 14.5 Å². The number of esters is 1. The van der Waals surface area contributed by atoms with Crippen LogP contribution in [0.1, 0.15) is 42.3 Å². The molecular weight excluding hydrogens is 448 g/mol. The Morgan fingerprint density at radius 1 is 1.12 bits per heavy atom. The average molecular weight is 475 g/mol. The lowest BCUT2D eigenvalue weighted by Gasteiger charge is -2.10. The fraction of sp³-hybridized carbons (Fsp3) is 0.269. The van der Waals surface area contributed by atoms with Crippen molar-refractivity contribution >= 4 is 43.7 Å². The van der Waals surface area contributed by atoms with Crippen LogP contribution in [0, 0.1) is 0 Å². The summed E-state index contributed by atoms with van der Waals surface area (Å²) in [6.07, 6.45) is 5.01. The molecule has 0 radical (unpaired) electrons. The van der Waals surface area contributed by atoms with Crippen LogP contribution < -0.4 is 5.32 Å². The minimum absolute atomic E-state index is 0.360. The number of unbranched alkanes of at least 4 members (excludes halogenated alkanes) is 2. The number of nitrogens with zero attached hydrogens (tertiary/aromatic N) is 3. The topological polar surface area (TPSA) is 82.2 Å². The molecule has 5 aromatic rings. The van der Waals surface area contributed by atoms with Gasteiger partial charge in [-0.1, -0.05) is 37.2 Å². The number of benzene rings is 2. The smallest absolute Gasteiger partial charge is 0.337 e. The van der Waals surface area contributed by atoms with E-state index in [-0.39, 0.29) is 5.97 Å². The number of aromatic nitrogens is 3. The zero-order chi connectivity index (χ0) is 23.5. The summed E-state index contributed by atoms with van der Waals surface area (Å²) in [5.74, 6) is 1.39. The number of nitrogens with one attached hydrogen (secondary N) is 1. The molecule has 0 atom stereocenters. The number of hydrogen-bond donors (Lipinski definition) is 1. The lowest BCUT2D eigenvalue weighted by molar-refractivity contribution is 0.0601. The molecule has 34 heavy (non-hydrogen) atoms. The zero-order valence-corrected chi connectivity index (χ0v) is 20.0. The van der Waals surface area contributed by atoms with Gasteiger partial charge in [0.25, 0.3) is 0 Å². The van der Waals surface area contributed by atoms with E-state index in [9.17, 15) is 4.79 Å². The van der Waals surface area contributed by atoms with E-state index in [0.717, 1.165) is 69.3 Å². The summed E-state index contributed by atoms with van der Waals surface area (Å²) in [5.41, 5.74) is 4.25. The van der Waals surface area contributed by atoms with Gasteiger partial charge in [-0.2, -0.15) is 0 Å². The summed E-state index contributed by atoms with van der Waals surface area (Å²) < 4.78 is 13.7.